The molecule has 0 aromatic carbocycles. The van der Waals surface area contributed by atoms with Gasteiger partial charge in [0.25, 0.3) is 0 Å². The average molecular weight is 191 g/mol. The van der Waals surface area contributed by atoms with E-state index >= 15 is 0 Å². The van der Waals surface area contributed by atoms with Crippen LogP contribution in [0, 0.1) is 0 Å². The average Bonchev–Trinajstić information content (AvgIpc) is 2.16. The van der Waals surface area contributed by atoms with E-state index in [-0.39, 0.29) is 0 Å². The van der Waals surface area contributed by atoms with Gasteiger partial charge in [-0.3, -0.25) is 0 Å². The van der Waals surface area contributed by atoms with Gasteiger partial charge in [0.15, 0.2) is 0 Å². The third-order valence-electron chi connectivity index (χ3n) is 2.52. The topological polar surface area (TPSA) is 9.23 Å². The highest BCUT2D eigenvalue weighted by Crippen LogP contribution is 2.19. The number of rotatable bonds is 4. The quantitative estimate of drug-likeness (QED) is 0.618. The zero-order chi connectivity index (χ0) is 8.81. The minimum absolute atomic E-state index is 0.357. The van der Waals surface area contributed by atoms with Crippen LogP contribution in [-0.2, 0) is 4.74 Å². The molecule has 2 heteroatoms. The predicted molar refractivity (Wildman–Crippen MR) is 52.8 cm³/mol. The first-order valence-corrected chi connectivity index (χ1v) is 5.52. The molecule has 1 aliphatic heterocycles. The predicted octanol–water partition coefficient (Wildman–Crippen LogP) is 3.35. The summed E-state index contributed by atoms with van der Waals surface area (Å²) in [6.07, 6.45) is 7.68. The van der Waals surface area contributed by atoms with Crippen LogP contribution in [0.3, 0.4) is 0 Å². The molecule has 1 heterocycles. The Morgan fingerprint density at radius 3 is 2.92 bits per heavy atom. The first-order valence-electron chi connectivity index (χ1n) is 5.08. The first-order chi connectivity index (χ1) is 5.83. The van der Waals surface area contributed by atoms with Crippen molar-refractivity contribution in [2.45, 2.75) is 56.9 Å². The fraction of sp³-hybridized carbons (Fsp3) is 1.00. The van der Waals surface area contributed by atoms with Crippen molar-refractivity contribution in [1.29, 1.82) is 0 Å². The Hall–Kier alpha value is 0.250. The molecular weight excluding hydrogens is 172 g/mol. The van der Waals surface area contributed by atoms with Crippen molar-refractivity contribution in [3.8, 4) is 0 Å². The molecule has 0 aromatic heterocycles. The number of hydrogen-bond donors (Lipinski definition) is 0. The van der Waals surface area contributed by atoms with Gasteiger partial charge >= 0.3 is 0 Å². The molecular formula is C10H19ClO. The molecule has 72 valence electrons. The maximum absolute atomic E-state index is 6.03. The maximum Gasteiger partial charge on any atom is 0.0575 e. The van der Waals surface area contributed by atoms with Gasteiger partial charge in [-0.15, -0.1) is 11.6 Å². The maximum atomic E-state index is 6.03. The normalized spacial score (nSPS) is 27.0. The third kappa shape index (κ3) is 3.77. The van der Waals surface area contributed by atoms with Crippen LogP contribution in [0.25, 0.3) is 0 Å². The third-order valence-corrected chi connectivity index (χ3v) is 3.05. The lowest BCUT2D eigenvalue weighted by atomic mass is 10.0. The zero-order valence-electron chi connectivity index (χ0n) is 7.89. The van der Waals surface area contributed by atoms with E-state index < -0.39 is 0 Å². The molecule has 1 aliphatic rings. The number of ether oxygens (including phenoxy) is 1. The Balaban J connectivity index is 2.05. The van der Waals surface area contributed by atoms with Crippen LogP contribution < -0.4 is 0 Å². The Bertz CT molecular complexity index is 110. The van der Waals surface area contributed by atoms with E-state index in [1.807, 2.05) is 0 Å². The Labute approximate surface area is 80.4 Å². The summed E-state index contributed by atoms with van der Waals surface area (Å²) in [5.41, 5.74) is 0. The lowest BCUT2D eigenvalue weighted by molar-refractivity contribution is 0.00999. The van der Waals surface area contributed by atoms with Gasteiger partial charge in [-0.2, -0.15) is 0 Å². The highest BCUT2D eigenvalue weighted by atomic mass is 35.5. The van der Waals surface area contributed by atoms with Crippen molar-refractivity contribution in [2.75, 3.05) is 6.61 Å². The van der Waals surface area contributed by atoms with Crippen molar-refractivity contribution in [1.82, 2.24) is 0 Å². The van der Waals surface area contributed by atoms with Gasteiger partial charge in [0, 0.05) is 12.0 Å². The molecule has 1 rings (SSSR count). The molecule has 0 amide bonds. The van der Waals surface area contributed by atoms with Crippen molar-refractivity contribution < 1.29 is 4.74 Å². The second-order valence-electron chi connectivity index (χ2n) is 3.57. The van der Waals surface area contributed by atoms with Gasteiger partial charge < -0.3 is 4.74 Å². The minimum Gasteiger partial charge on any atom is -0.378 e. The number of halogens is 1. The van der Waals surface area contributed by atoms with Crippen molar-refractivity contribution in [2.24, 2.45) is 0 Å². The van der Waals surface area contributed by atoms with Crippen LogP contribution >= 0.6 is 11.6 Å². The van der Waals surface area contributed by atoms with Crippen LogP contribution in [0.5, 0.6) is 0 Å². The Morgan fingerprint density at radius 2 is 2.33 bits per heavy atom. The van der Waals surface area contributed by atoms with E-state index in [2.05, 4.69) is 6.92 Å². The Morgan fingerprint density at radius 1 is 1.50 bits per heavy atom. The molecule has 0 spiro atoms. The van der Waals surface area contributed by atoms with Gasteiger partial charge in [-0.05, 0) is 38.5 Å². The van der Waals surface area contributed by atoms with E-state index in [4.69, 9.17) is 16.3 Å². The molecule has 12 heavy (non-hydrogen) atoms. The van der Waals surface area contributed by atoms with Crippen molar-refractivity contribution in [3.63, 3.8) is 0 Å². The molecule has 1 saturated heterocycles. The van der Waals surface area contributed by atoms with Crippen LogP contribution in [0.1, 0.15) is 45.4 Å². The number of alkyl halides is 1. The summed E-state index contributed by atoms with van der Waals surface area (Å²) in [4.78, 5) is 0. The summed E-state index contributed by atoms with van der Waals surface area (Å²) >= 11 is 6.03. The molecule has 0 aliphatic carbocycles. The molecule has 2 unspecified atom stereocenters. The van der Waals surface area contributed by atoms with Gasteiger partial charge in [0.1, 0.15) is 0 Å². The van der Waals surface area contributed by atoms with Gasteiger partial charge in [0.2, 0.25) is 0 Å². The molecule has 0 aromatic rings. The first kappa shape index (κ1) is 10.3. The SMILES string of the molecule is CCC(Cl)CCC1CCCCO1. The van der Waals surface area contributed by atoms with E-state index in [0.717, 1.165) is 25.9 Å². The lowest BCUT2D eigenvalue weighted by Gasteiger charge is -2.23. The van der Waals surface area contributed by atoms with E-state index in [0.29, 0.717) is 11.5 Å². The van der Waals surface area contributed by atoms with E-state index in [9.17, 15) is 0 Å². The zero-order valence-corrected chi connectivity index (χ0v) is 8.65. The van der Waals surface area contributed by atoms with Gasteiger partial charge in [-0.25, -0.2) is 0 Å². The van der Waals surface area contributed by atoms with Gasteiger partial charge in [-0.1, -0.05) is 6.92 Å². The second kappa shape index (κ2) is 5.82. The summed E-state index contributed by atoms with van der Waals surface area (Å²) in [5.74, 6) is 0. The Kier molecular flexibility index (Phi) is 5.01. The fourth-order valence-corrected chi connectivity index (χ4v) is 1.73. The highest BCUT2D eigenvalue weighted by molar-refractivity contribution is 6.20. The molecule has 1 nitrogen and oxygen atoms in total. The van der Waals surface area contributed by atoms with Crippen LogP contribution in [-0.4, -0.2) is 18.1 Å². The lowest BCUT2D eigenvalue weighted by Crippen LogP contribution is -2.19. The molecule has 0 saturated carbocycles. The summed E-state index contributed by atoms with van der Waals surface area (Å²) in [5, 5.41) is 0.357. The smallest absolute Gasteiger partial charge is 0.0575 e. The standard InChI is InChI=1S/C10H19ClO/c1-2-9(11)6-7-10-5-3-4-8-12-10/h9-10H,2-8H2,1H3. The molecule has 1 fully saturated rings. The molecule has 2 atom stereocenters. The van der Waals surface area contributed by atoms with E-state index in [1.54, 1.807) is 0 Å². The minimum atomic E-state index is 0.357. The van der Waals surface area contributed by atoms with Crippen LogP contribution in [0.2, 0.25) is 0 Å². The van der Waals surface area contributed by atoms with Crippen LogP contribution in [0.15, 0.2) is 0 Å². The largest absolute Gasteiger partial charge is 0.378 e. The summed E-state index contributed by atoms with van der Waals surface area (Å²) in [6.45, 7) is 3.10. The van der Waals surface area contributed by atoms with Gasteiger partial charge in [0.05, 0.1) is 6.10 Å². The molecule has 0 N–H and O–H groups in total. The summed E-state index contributed by atoms with van der Waals surface area (Å²) in [6, 6.07) is 0. The summed E-state index contributed by atoms with van der Waals surface area (Å²) in [7, 11) is 0. The fourth-order valence-electron chi connectivity index (χ4n) is 1.61. The molecule has 0 radical (unpaired) electrons. The van der Waals surface area contributed by atoms with Crippen molar-refractivity contribution in [3.05, 3.63) is 0 Å². The number of hydrogen-bond acceptors (Lipinski definition) is 1. The van der Waals surface area contributed by atoms with Crippen LogP contribution in [0.4, 0.5) is 0 Å². The second-order valence-corrected chi connectivity index (χ2v) is 4.19. The van der Waals surface area contributed by atoms with E-state index in [1.165, 1.54) is 19.3 Å². The highest BCUT2D eigenvalue weighted by Gasteiger charge is 2.14. The molecule has 0 bridgehead atoms. The monoisotopic (exact) mass is 190 g/mol. The summed E-state index contributed by atoms with van der Waals surface area (Å²) < 4.78 is 5.61. The van der Waals surface area contributed by atoms with Crippen molar-refractivity contribution >= 4 is 11.6 Å².